The first-order chi connectivity index (χ1) is 22.1. The Morgan fingerprint density at radius 3 is 2.37 bits per heavy atom. The molecule has 236 valence electrons. The average molecular weight is 646 g/mol. The largest absolute Gasteiger partial charge is 0.508 e. The van der Waals surface area contributed by atoms with E-state index in [9.17, 15) is 27.9 Å². The highest BCUT2D eigenvalue weighted by Gasteiger charge is 2.35. The number of fused-ring (bicyclic) bond motifs is 1. The van der Waals surface area contributed by atoms with Crippen LogP contribution in [0.4, 0.5) is 13.2 Å². The van der Waals surface area contributed by atoms with Crippen molar-refractivity contribution in [3.63, 3.8) is 0 Å². The van der Waals surface area contributed by atoms with Crippen LogP contribution in [-0.2, 0) is 6.18 Å². The van der Waals surface area contributed by atoms with Crippen molar-refractivity contribution in [1.29, 1.82) is 0 Å². The first-order valence-corrected chi connectivity index (χ1v) is 15.6. The number of ether oxygens (including phenoxy) is 2. The molecule has 46 heavy (non-hydrogen) atoms. The number of ketones is 1. The standard InChI is InChI=1S/C36H30F3NO5S/c1-22-16-17-40(21-22)18-19-44-26-11-6-23(7-12-26)33(42)32-29-15-10-25(41)20-31(29)46-34(32)24-8-13-27(14-9-24)45-35(43)28-4-2-3-5-30(28)36(37,38)39/h2-15,20,22,41H,16-19,21H2,1H3. The van der Waals surface area contributed by atoms with Crippen molar-refractivity contribution in [3.05, 3.63) is 113 Å². The molecule has 1 aliphatic rings. The number of phenols is 1. The summed E-state index contributed by atoms with van der Waals surface area (Å²) >= 11 is 1.32. The van der Waals surface area contributed by atoms with Crippen LogP contribution in [0.15, 0.2) is 91.0 Å². The molecule has 0 bridgehead atoms. The number of aromatic hydroxyl groups is 1. The molecule has 0 radical (unpaired) electrons. The zero-order valence-electron chi connectivity index (χ0n) is 24.8. The molecule has 5 aromatic rings. The lowest BCUT2D eigenvalue weighted by Gasteiger charge is -2.15. The van der Waals surface area contributed by atoms with E-state index in [4.69, 9.17) is 9.47 Å². The molecule has 6 nitrogen and oxygen atoms in total. The zero-order chi connectivity index (χ0) is 32.4. The average Bonchev–Trinajstić information content (AvgIpc) is 3.63. The van der Waals surface area contributed by atoms with E-state index in [0.29, 0.717) is 49.9 Å². The summed E-state index contributed by atoms with van der Waals surface area (Å²) in [6.45, 7) is 5.82. The molecular formula is C36H30F3NO5S. The third-order valence-electron chi connectivity index (χ3n) is 7.98. The van der Waals surface area contributed by atoms with Gasteiger partial charge in [-0.3, -0.25) is 9.69 Å². The summed E-state index contributed by atoms with van der Waals surface area (Å²) in [7, 11) is 0. The molecule has 1 aromatic heterocycles. The molecule has 1 aliphatic heterocycles. The number of thiophene rings is 1. The Morgan fingerprint density at radius 2 is 1.67 bits per heavy atom. The van der Waals surface area contributed by atoms with Gasteiger partial charge in [-0.15, -0.1) is 11.3 Å². The molecule has 1 unspecified atom stereocenters. The minimum Gasteiger partial charge on any atom is -0.508 e. The molecule has 1 N–H and O–H groups in total. The molecule has 2 heterocycles. The number of nitrogens with zero attached hydrogens (tertiary/aromatic N) is 1. The lowest BCUT2D eigenvalue weighted by molar-refractivity contribution is -0.138. The van der Waals surface area contributed by atoms with Gasteiger partial charge in [-0.25, -0.2) is 4.79 Å². The van der Waals surface area contributed by atoms with E-state index in [2.05, 4.69) is 11.8 Å². The molecule has 0 amide bonds. The number of halogens is 3. The van der Waals surface area contributed by atoms with E-state index < -0.39 is 23.3 Å². The fourth-order valence-electron chi connectivity index (χ4n) is 5.63. The molecule has 0 saturated carbocycles. The Labute approximate surface area is 267 Å². The van der Waals surface area contributed by atoms with Crippen LogP contribution in [0.3, 0.4) is 0 Å². The van der Waals surface area contributed by atoms with Crippen molar-refractivity contribution < 1.29 is 37.3 Å². The monoisotopic (exact) mass is 645 g/mol. The number of rotatable bonds is 9. The molecule has 1 atom stereocenters. The topological polar surface area (TPSA) is 76.1 Å². The number of carbonyl (C=O) groups excluding carboxylic acids is 2. The minimum absolute atomic E-state index is 0.0483. The lowest BCUT2D eigenvalue weighted by Crippen LogP contribution is -2.25. The number of phenolic OH excluding ortho intramolecular Hbond substituents is 1. The summed E-state index contributed by atoms with van der Waals surface area (Å²) in [4.78, 5) is 29.6. The van der Waals surface area contributed by atoms with E-state index >= 15 is 0 Å². The quantitative estimate of drug-likeness (QED) is 0.0985. The normalized spacial score (nSPS) is 15.3. The van der Waals surface area contributed by atoms with Gasteiger partial charge in [0, 0.05) is 39.2 Å². The Hall–Kier alpha value is -4.67. The summed E-state index contributed by atoms with van der Waals surface area (Å²) in [5.74, 6) is 0.137. The summed E-state index contributed by atoms with van der Waals surface area (Å²) in [6, 6.07) is 22.5. The number of hydrogen-bond donors (Lipinski definition) is 1. The molecule has 1 fully saturated rings. The van der Waals surface area contributed by atoms with Crippen LogP contribution >= 0.6 is 11.3 Å². The first kappa shape index (κ1) is 31.3. The number of carbonyl (C=O) groups is 2. The second kappa shape index (κ2) is 13.0. The maximum absolute atomic E-state index is 13.9. The van der Waals surface area contributed by atoms with Crippen molar-refractivity contribution >= 4 is 33.2 Å². The van der Waals surface area contributed by atoms with Gasteiger partial charge in [0.05, 0.1) is 11.1 Å². The van der Waals surface area contributed by atoms with Crippen molar-refractivity contribution in [2.24, 2.45) is 5.92 Å². The second-order valence-electron chi connectivity index (χ2n) is 11.3. The number of esters is 1. The van der Waals surface area contributed by atoms with Gasteiger partial charge in [0.25, 0.3) is 0 Å². The van der Waals surface area contributed by atoms with Gasteiger partial charge in [0.1, 0.15) is 23.9 Å². The smallest absolute Gasteiger partial charge is 0.417 e. The Bertz CT molecular complexity index is 1880. The molecule has 0 aliphatic carbocycles. The molecule has 10 heteroatoms. The van der Waals surface area contributed by atoms with Crippen LogP contribution in [-0.4, -0.2) is 48.0 Å². The van der Waals surface area contributed by atoms with Crippen molar-refractivity contribution in [3.8, 4) is 27.7 Å². The third kappa shape index (κ3) is 6.78. The van der Waals surface area contributed by atoms with Crippen molar-refractivity contribution in [2.75, 3.05) is 26.2 Å². The van der Waals surface area contributed by atoms with Gasteiger partial charge in [-0.2, -0.15) is 13.2 Å². The number of benzene rings is 4. The van der Waals surface area contributed by atoms with Crippen LogP contribution in [0.25, 0.3) is 20.5 Å². The van der Waals surface area contributed by atoms with Gasteiger partial charge >= 0.3 is 12.1 Å². The fourth-order valence-corrected chi connectivity index (χ4v) is 6.87. The molecule has 4 aromatic carbocycles. The molecule has 1 saturated heterocycles. The van der Waals surface area contributed by atoms with E-state index in [1.54, 1.807) is 48.5 Å². The van der Waals surface area contributed by atoms with Gasteiger partial charge in [-0.05, 0) is 103 Å². The van der Waals surface area contributed by atoms with Crippen LogP contribution in [0.2, 0.25) is 0 Å². The predicted octanol–water partition coefficient (Wildman–Crippen LogP) is 8.46. The van der Waals surface area contributed by atoms with Gasteiger partial charge in [-0.1, -0.05) is 19.1 Å². The van der Waals surface area contributed by atoms with E-state index in [1.165, 1.54) is 48.1 Å². The number of alkyl halides is 3. The molecule has 6 rings (SSSR count). The Kier molecular flexibility index (Phi) is 8.84. The Morgan fingerprint density at radius 1 is 0.957 bits per heavy atom. The SMILES string of the molecule is CC1CCN(CCOc2ccc(C(=O)c3c(-c4ccc(OC(=O)c5ccccc5C(F)(F)F)cc4)sc4cc(O)ccc34)cc2)C1. The summed E-state index contributed by atoms with van der Waals surface area (Å²) in [6.07, 6.45) is -3.51. The molecule has 0 spiro atoms. The van der Waals surface area contributed by atoms with Crippen LogP contribution < -0.4 is 9.47 Å². The highest BCUT2D eigenvalue weighted by molar-refractivity contribution is 7.22. The van der Waals surface area contributed by atoms with Gasteiger partial charge in [0.2, 0.25) is 0 Å². The summed E-state index contributed by atoms with van der Waals surface area (Å²) in [5.41, 5.74) is -0.126. The highest BCUT2D eigenvalue weighted by Crippen LogP contribution is 2.42. The highest BCUT2D eigenvalue weighted by atomic mass is 32.1. The van der Waals surface area contributed by atoms with Crippen LogP contribution in [0.5, 0.6) is 17.2 Å². The summed E-state index contributed by atoms with van der Waals surface area (Å²) in [5, 5.41) is 10.8. The minimum atomic E-state index is -4.71. The van der Waals surface area contributed by atoms with E-state index in [-0.39, 0.29) is 17.3 Å². The first-order valence-electron chi connectivity index (χ1n) is 14.8. The fraction of sp³-hybridized carbons (Fsp3) is 0.222. The number of likely N-dealkylation sites (tertiary alicyclic amines) is 1. The maximum atomic E-state index is 13.9. The van der Waals surface area contributed by atoms with E-state index in [1.807, 2.05) is 0 Å². The second-order valence-corrected chi connectivity index (χ2v) is 12.4. The maximum Gasteiger partial charge on any atom is 0.417 e. The van der Waals surface area contributed by atoms with Crippen molar-refractivity contribution in [1.82, 2.24) is 4.90 Å². The lowest BCUT2D eigenvalue weighted by atomic mass is 9.97. The molecular weight excluding hydrogens is 615 g/mol. The third-order valence-corrected chi connectivity index (χ3v) is 9.18. The Balaban J connectivity index is 1.22. The van der Waals surface area contributed by atoms with Gasteiger partial charge in [0.15, 0.2) is 5.78 Å². The summed E-state index contributed by atoms with van der Waals surface area (Å²) < 4.78 is 52.1. The van der Waals surface area contributed by atoms with Crippen LogP contribution in [0.1, 0.15) is 45.2 Å². The zero-order valence-corrected chi connectivity index (χ0v) is 25.7. The van der Waals surface area contributed by atoms with E-state index in [0.717, 1.165) is 31.8 Å². The predicted molar refractivity (Wildman–Crippen MR) is 171 cm³/mol. The van der Waals surface area contributed by atoms with Crippen LogP contribution in [0, 0.1) is 5.92 Å². The van der Waals surface area contributed by atoms with Gasteiger partial charge < -0.3 is 14.6 Å². The number of hydrogen-bond acceptors (Lipinski definition) is 7. The van der Waals surface area contributed by atoms with Crippen molar-refractivity contribution in [2.45, 2.75) is 19.5 Å².